The minimum atomic E-state index is -5.48. The molecule has 0 radical (unpaired) electrons. The molecule has 0 fully saturated rings. The molecule has 0 atom stereocenters. The van der Waals surface area contributed by atoms with E-state index in [-0.39, 0.29) is 22.5 Å². The van der Waals surface area contributed by atoms with Gasteiger partial charge in [0.2, 0.25) is 0 Å². The largest absolute Gasteiger partial charge is 0.422 e. The van der Waals surface area contributed by atoms with Crippen LogP contribution in [0.3, 0.4) is 0 Å². The number of thioether (sulfide) groups is 1. The third kappa shape index (κ3) is 3.53. The monoisotopic (exact) mass is 397 g/mol. The Morgan fingerprint density at radius 1 is 1.08 bits per heavy atom. The van der Waals surface area contributed by atoms with E-state index >= 15 is 0 Å². The van der Waals surface area contributed by atoms with E-state index in [1.54, 1.807) is 0 Å². The quantitative estimate of drug-likeness (QED) is 0.351. The van der Waals surface area contributed by atoms with Gasteiger partial charge >= 0.3 is 10.9 Å². The third-order valence-corrected chi connectivity index (χ3v) is 3.65. The average molecular weight is 398 g/mol. The van der Waals surface area contributed by atoms with Crippen LogP contribution in [0.15, 0.2) is 17.2 Å². The number of anilines is 1. The van der Waals surface area contributed by atoms with Crippen molar-refractivity contribution >= 4 is 29.2 Å². The summed E-state index contributed by atoms with van der Waals surface area (Å²) >= 11 is 4.36. The number of halogens is 9. The van der Waals surface area contributed by atoms with Crippen molar-refractivity contribution < 1.29 is 35.1 Å². The lowest BCUT2D eigenvalue weighted by atomic mass is 10.1. The molecule has 0 unspecified atom stereocenters. The molecular formula is C11H4ClF8N3S. The van der Waals surface area contributed by atoms with Crippen molar-refractivity contribution in [2.24, 2.45) is 0 Å². The zero-order valence-electron chi connectivity index (χ0n) is 10.9. The van der Waals surface area contributed by atoms with Gasteiger partial charge in [0.25, 0.3) is 0 Å². The maximum Gasteiger partial charge on any atom is 0.422 e. The highest BCUT2D eigenvalue weighted by molar-refractivity contribution is 8.01. The normalized spacial score (nSPS) is 12.7. The van der Waals surface area contributed by atoms with Crippen LogP contribution in [0.4, 0.5) is 40.9 Å². The standard InChI is InChI=1S/C11H4ClF8N3S/c12-11(19,20)24-5-2-22-23(9(5)21)4-1-3(13)6(10(16,17)18)8(15)7(4)14/h1-2H,21H2. The molecule has 2 aromatic rings. The van der Waals surface area contributed by atoms with Gasteiger partial charge < -0.3 is 5.73 Å². The van der Waals surface area contributed by atoms with Crippen LogP contribution in [-0.2, 0) is 6.18 Å². The molecule has 0 saturated heterocycles. The number of nitrogen functional groups attached to an aromatic ring is 1. The Hall–Kier alpha value is -1.69. The maximum absolute atomic E-state index is 13.8. The van der Waals surface area contributed by atoms with E-state index in [1.807, 2.05) is 0 Å². The summed E-state index contributed by atoms with van der Waals surface area (Å²) in [5, 5.41) is 3.33. The number of rotatable bonds is 3. The van der Waals surface area contributed by atoms with Crippen LogP contribution in [0, 0.1) is 17.5 Å². The van der Waals surface area contributed by atoms with Crippen molar-refractivity contribution in [1.29, 1.82) is 0 Å². The summed E-state index contributed by atoms with van der Waals surface area (Å²) in [5.74, 6) is -7.43. The summed E-state index contributed by atoms with van der Waals surface area (Å²) in [6.07, 6.45) is -4.80. The molecule has 0 amide bonds. The molecule has 2 rings (SSSR count). The van der Waals surface area contributed by atoms with Gasteiger partial charge in [0.05, 0.1) is 11.1 Å². The molecule has 13 heteroatoms. The molecular weight excluding hydrogens is 394 g/mol. The van der Waals surface area contributed by atoms with Crippen LogP contribution >= 0.6 is 23.4 Å². The predicted octanol–water partition coefficient (Wildman–Crippen LogP) is 4.77. The summed E-state index contributed by atoms with van der Waals surface area (Å²) in [5.41, 5.74) is 1.83. The maximum atomic E-state index is 13.8. The minimum absolute atomic E-state index is 0.00210. The van der Waals surface area contributed by atoms with Gasteiger partial charge in [-0.1, -0.05) is 0 Å². The molecule has 0 aliphatic heterocycles. The predicted molar refractivity (Wildman–Crippen MR) is 69.5 cm³/mol. The minimum Gasteiger partial charge on any atom is -0.383 e. The number of hydrogen-bond donors (Lipinski definition) is 1. The smallest absolute Gasteiger partial charge is 0.383 e. The second-order valence-corrected chi connectivity index (χ2v) is 6.09. The molecule has 1 aromatic carbocycles. The number of aromatic nitrogens is 2. The van der Waals surface area contributed by atoms with E-state index in [4.69, 9.17) is 5.73 Å². The first-order chi connectivity index (χ1) is 10.8. The van der Waals surface area contributed by atoms with Gasteiger partial charge in [-0.2, -0.15) is 27.1 Å². The van der Waals surface area contributed by atoms with Gasteiger partial charge in [0.15, 0.2) is 11.6 Å². The van der Waals surface area contributed by atoms with Crippen LogP contribution in [-0.4, -0.2) is 14.5 Å². The summed E-state index contributed by atoms with van der Waals surface area (Å²) in [6.45, 7) is 0. The fourth-order valence-electron chi connectivity index (χ4n) is 1.73. The third-order valence-electron chi connectivity index (χ3n) is 2.65. The average Bonchev–Trinajstić information content (AvgIpc) is 2.72. The van der Waals surface area contributed by atoms with Crippen molar-refractivity contribution in [3.8, 4) is 5.69 Å². The highest BCUT2D eigenvalue weighted by Crippen LogP contribution is 2.42. The van der Waals surface area contributed by atoms with Gasteiger partial charge in [-0.3, -0.25) is 0 Å². The Balaban J connectivity index is 2.60. The van der Waals surface area contributed by atoms with Crippen molar-refractivity contribution in [3.05, 3.63) is 35.3 Å². The van der Waals surface area contributed by atoms with Crippen molar-refractivity contribution in [3.63, 3.8) is 0 Å². The van der Waals surface area contributed by atoms with Crippen molar-refractivity contribution in [2.45, 2.75) is 15.8 Å². The molecule has 1 aromatic heterocycles. The zero-order chi connectivity index (χ0) is 18.4. The summed E-state index contributed by atoms with van der Waals surface area (Å²) in [7, 11) is 0. The first-order valence-corrected chi connectivity index (χ1v) is 6.86. The van der Waals surface area contributed by atoms with Gasteiger partial charge in [0.1, 0.15) is 22.9 Å². The Kier molecular flexibility index (Phi) is 4.65. The van der Waals surface area contributed by atoms with Crippen molar-refractivity contribution in [2.75, 3.05) is 5.73 Å². The summed E-state index contributed by atoms with van der Waals surface area (Å²) < 4.78 is 100. The van der Waals surface area contributed by atoms with Gasteiger partial charge in [0, 0.05) is 6.07 Å². The first-order valence-electron chi connectivity index (χ1n) is 5.67. The van der Waals surface area contributed by atoms with Crippen LogP contribution in [0.2, 0.25) is 0 Å². The van der Waals surface area contributed by atoms with Crippen LogP contribution in [0.1, 0.15) is 5.56 Å². The highest BCUT2D eigenvalue weighted by Gasteiger charge is 2.40. The van der Waals surface area contributed by atoms with E-state index in [1.165, 1.54) is 0 Å². The van der Waals surface area contributed by atoms with E-state index in [0.29, 0.717) is 6.20 Å². The fraction of sp³-hybridized carbons (Fsp3) is 0.182. The first kappa shape index (κ1) is 18.6. The molecule has 24 heavy (non-hydrogen) atoms. The fourth-order valence-corrected chi connectivity index (χ4v) is 2.52. The molecule has 0 saturated carbocycles. The Morgan fingerprint density at radius 2 is 1.67 bits per heavy atom. The summed E-state index contributed by atoms with van der Waals surface area (Å²) in [4.78, 5) is -0.477. The zero-order valence-corrected chi connectivity index (χ0v) is 12.5. The van der Waals surface area contributed by atoms with Crippen LogP contribution in [0.25, 0.3) is 5.69 Å². The number of alkyl halides is 6. The lowest BCUT2D eigenvalue weighted by Gasteiger charge is -2.13. The second kappa shape index (κ2) is 5.99. The lowest BCUT2D eigenvalue weighted by molar-refractivity contribution is -0.142. The number of nitrogens with zero attached hydrogens (tertiary/aromatic N) is 2. The van der Waals surface area contributed by atoms with E-state index < -0.39 is 50.3 Å². The lowest BCUT2D eigenvalue weighted by Crippen LogP contribution is -2.16. The van der Waals surface area contributed by atoms with Crippen LogP contribution in [0.5, 0.6) is 0 Å². The molecule has 0 spiro atoms. The molecule has 0 bridgehead atoms. The summed E-state index contributed by atoms with van der Waals surface area (Å²) in [6, 6.07) is -0.00210. The van der Waals surface area contributed by atoms with E-state index in [9.17, 15) is 35.1 Å². The highest BCUT2D eigenvalue weighted by atomic mass is 35.5. The molecule has 132 valence electrons. The second-order valence-electron chi connectivity index (χ2n) is 4.23. The Bertz CT molecular complexity index is 783. The number of benzene rings is 1. The molecule has 1 heterocycles. The van der Waals surface area contributed by atoms with Gasteiger partial charge in [-0.15, -0.1) is 0 Å². The SMILES string of the molecule is Nc1c(SC(F)(F)Cl)cnn1-c1cc(F)c(C(F)(F)F)c(F)c1F. The topological polar surface area (TPSA) is 43.8 Å². The Morgan fingerprint density at radius 3 is 2.17 bits per heavy atom. The molecule has 0 aliphatic rings. The van der Waals surface area contributed by atoms with Gasteiger partial charge in [-0.25, -0.2) is 17.9 Å². The van der Waals surface area contributed by atoms with Crippen molar-refractivity contribution in [1.82, 2.24) is 9.78 Å². The van der Waals surface area contributed by atoms with E-state index in [2.05, 4.69) is 16.7 Å². The molecule has 0 aliphatic carbocycles. The number of hydrogen-bond acceptors (Lipinski definition) is 3. The Labute approximate surface area is 137 Å². The molecule has 3 nitrogen and oxygen atoms in total. The molecule has 2 N–H and O–H groups in total. The van der Waals surface area contributed by atoms with E-state index in [0.717, 1.165) is 0 Å². The van der Waals surface area contributed by atoms with Gasteiger partial charge in [-0.05, 0) is 23.4 Å². The van der Waals surface area contributed by atoms with Crippen LogP contribution < -0.4 is 5.73 Å². The number of nitrogens with two attached hydrogens (primary N) is 1.